The lowest BCUT2D eigenvalue weighted by Crippen LogP contribution is -2.47. The Morgan fingerprint density at radius 3 is 2.65 bits per heavy atom. The van der Waals surface area contributed by atoms with Crippen LogP contribution in [0, 0.1) is 6.92 Å². The first-order valence-electron chi connectivity index (χ1n) is 10.1. The Morgan fingerprint density at radius 2 is 1.94 bits per heavy atom. The standard InChI is InChI=1S/C23H24ClF3N2O2/c1-13-6-15-8-17(29-19(15)11-28-13)10-21(2,30)12-22(3,23(25,26)27)18-9-16(24)7-14-4-5-31-20(14)18/h6-9,11,29-30H,4-5,10,12H2,1-3H3. The smallest absolute Gasteiger partial charge is 0.398 e. The third-order valence-corrected chi connectivity index (χ3v) is 6.19. The molecule has 0 amide bonds. The molecule has 4 nitrogen and oxygen atoms in total. The van der Waals surface area contributed by atoms with Crippen LogP contribution in [0.15, 0.2) is 30.5 Å². The first-order chi connectivity index (χ1) is 14.4. The van der Waals surface area contributed by atoms with Crippen LogP contribution in [0.3, 0.4) is 0 Å². The van der Waals surface area contributed by atoms with Gasteiger partial charge in [0.2, 0.25) is 0 Å². The average Bonchev–Trinajstić information content (AvgIpc) is 3.24. The minimum Gasteiger partial charge on any atom is -0.493 e. The van der Waals surface area contributed by atoms with Gasteiger partial charge in [0, 0.05) is 40.2 Å². The SMILES string of the molecule is Cc1cc2cc(CC(C)(O)CC(C)(c3cc(Cl)cc4c3OCC4)C(F)(F)F)[nH]c2cn1. The van der Waals surface area contributed by atoms with Crippen LogP contribution in [0.1, 0.15) is 42.8 Å². The second-order valence-electron chi connectivity index (χ2n) is 8.93. The number of alkyl halides is 3. The number of nitrogens with zero attached hydrogens (tertiary/aromatic N) is 1. The largest absolute Gasteiger partial charge is 0.493 e. The van der Waals surface area contributed by atoms with Crippen molar-refractivity contribution in [2.45, 2.75) is 57.2 Å². The van der Waals surface area contributed by atoms with Crippen molar-refractivity contribution in [2.24, 2.45) is 0 Å². The number of aromatic amines is 1. The molecule has 1 aliphatic heterocycles. The first-order valence-corrected chi connectivity index (χ1v) is 10.4. The van der Waals surface area contributed by atoms with Gasteiger partial charge < -0.3 is 14.8 Å². The molecule has 2 atom stereocenters. The van der Waals surface area contributed by atoms with E-state index in [9.17, 15) is 18.3 Å². The lowest BCUT2D eigenvalue weighted by molar-refractivity contribution is -0.200. The monoisotopic (exact) mass is 452 g/mol. The van der Waals surface area contributed by atoms with E-state index >= 15 is 0 Å². The highest BCUT2D eigenvalue weighted by Crippen LogP contribution is 2.51. The van der Waals surface area contributed by atoms with Crippen molar-refractivity contribution in [1.29, 1.82) is 0 Å². The Hall–Kier alpha value is -2.25. The topological polar surface area (TPSA) is 58.1 Å². The summed E-state index contributed by atoms with van der Waals surface area (Å²) in [5.74, 6) is 0.229. The zero-order valence-corrected chi connectivity index (χ0v) is 18.3. The van der Waals surface area contributed by atoms with Crippen LogP contribution in [0.4, 0.5) is 13.2 Å². The van der Waals surface area contributed by atoms with Gasteiger partial charge in [0.25, 0.3) is 0 Å². The second-order valence-corrected chi connectivity index (χ2v) is 9.36. The quantitative estimate of drug-likeness (QED) is 0.525. The van der Waals surface area contributed by atoms with Crippen LogP contribution in [0.5, 0.6) is 5.75 Å². The minimum atomic E-state index is -4.62. The average molecular weight is 453 g/mol. The summed E-state index contributed by atoms with van der Waals surface area (Å²) in [5.41, 5.74) is -1.11. The number of hydrogen-bond donors (Lipinski definition) is 2. The molecule has 2 N–H and O–H groups in total. The highest BCUT2D eigenvalue weighted by atomic mass is 35.5. The highest BCUT2D eigenvalue weighted by Gasteiger charge is 2.56. The summed E-state index contributed by atoms with van der Waals surface area (Å²) >= 11 is 6.15. The van der Waals surface area contributed by atoms with Gasteiger partial charge >= 0.3 is 6.18 Å². The number of aliphatic hydroxyl groups is 1. The van der Waals surface area contributed by atoms with Crippen LogP contribution in [-0.4, -0.2) is 33.5 Å². The van der Waals surface area contributed by atoms with Crippen molar-refractivity contribution >= 4 is 22.5 Å². The van der Waals surface area contributed by atoms with Gasteiger partial charge in [-0.3, -0.25) is 4.98 Å². The summed E-state index contributed by atoms with van der Waals surface area (Å²) < 4.78 is 48.9. The van der Waals surface area contributed by atoms with Crippen molar-refractivity contribution in [1.82, 2.24) is 9.97 Å². The molecule has 3 aromatic rings. The summed E-state index contributed by atoms with van der Waals surface area (Å²) in [5, 5.41) is 12.2. The summed E-state index contributed by atoms with van der Waals surface area (Å²) in [4.78, 5) is 7.37. The number of rotatable bonds is 5. The van der Waals surface area contributed by atoms with Gasteiger partial charge in [-0.2, -0.15) is 13.2 Å². The van der Waals surface area contributed by atoms with Gasteiger partial charge in [-0.25, -0.2) is 0 Å². The molecule has 0 fully saturated rings. The van der Waals surface area contributed by atoms with Gasteiger partial charge in [-0.1, -0.05) is 11.6 Å². The molecule has 8 heteroatoms. The lowest BCUT2D eigenvalue weighted by atomic mass is 9.71. The Balaban J connectivity index is 1.70. The fraction of sp³-hybridized carbons (Fsp3) is 0.435. The zero-order valence-electron chi connectivity index (χ0n) is 17.5. The van der Waals surface area contributed by atoms with Crippen LogP contribution >= 0.6 is 11.6 Å². The lowest BCUT2D eigenvalue weighted by Gasteiger charge is -2.39. The maximum Gasteiger partial charge on any atom is 0.398 e. The second kappa shape index (κ2) is 7.41. The minimum absolute atomic E-state index is 0.0238. The van der Waals surface area contributed by atoms with E-state index in [1.807, 2.05) is 19.1 Å². The summed E-state index contributed by atoms with van der Waals surface area (Å²) in [7, 11) is 0. The number of H-pyrrole nitrogens is 1. The highest BCUT2D eigenvalue weighted by molar-refractivity contribution is 6.30. The molecule has 0 bridgehead atoms. The Labute approximate surface area is 183 Å². The number of fused-ring (bicyclic) bond motifs is 2. The van der Waals surface area contributed by atoms with Crippen molar-refractivity contribution in [3.8, 4) is 5.75 Å². The van der Waals surface area contributed by atoms with Crippen molar-refractivity contribution in [2.75, 3.05) is 6.61 Å². The Morgan fingerprint density at radius 1 is 1.19 bits per heavy atom. The number of hydrogen-bond acceptors (Lipinski definition) is 3. The first kappa shape index (κ1) is 22.0. The number of nitrogens with one attached hydrogen (secondary N) is 1. The predicted molar refractivity (Wildman–Crippen MR) is 114 cm³/mol. The number of pyridine rings is 1. The van der Waals surface area contributed by atoms with Gasteiger partial charge in [0.1, 0.15) is 5.75 Å². The van der Waals surface area contributed by atoms with E-state index in [1.165, 1.54) is 13.0 Å². The molecular weight excluding hydrogens is 429 g/mol. The molecular formula is C23H24ClF3N2O2. The molecule has 1 aliphatic rings. The number of aryl methyl sites for hydroxylation is 1. The van der Waals surface area contributed by atoms with Crippen molar-refractivity contribution < 1.29 is 23.0 Å². The number of aromatic nitrogens is 2. The van der Waals surface area contributed by atoms with Crippen LogP contribution in [0.25, 0.3) is 10.9 Å². The van der Waals surface area contributed by atoms with Crippen LogP contribution < -0.4 is 4.74 Å². The van der Waals surface area contributed by atoms with E-state index in [4.69, 9.17) is 16.3 Å². The molecule has 0 saturated heterocycles. The Kier molecular flexibility index (Phi) is 5.25. The molecule has 1 aromatic carbocycles. The van der Waals surface area contributed by atoms with E-state index in [0.29, 0.717) is 24.3 Å². The molecule has 0 radical (unpaired) electrons. The third kappa shape index (κ3) is 4.13. The summed E-state index contributed by atoms with van der Waals surface area (Å²) in [6.45, 7) is 4.71. The van der Waals surface area contributed by atoms with E-state index in [-0.39, 0.29) is 22.8 Å². The van der Waals surface area contributed by atoms with E-state index < -0.39 is 23.6 Å². The zero-order chi connectivity index (χ0) is 22.6. The summed E-state index contributed by atoms with van der Waals surface area (Å²) in [6, 6.07) is 6.68. The fourth-order valence-corrected chi connectivity index (χ4v) is 4.80. The van der Waals surface area contributed by atoms with Crippen molar-refractivity contribution in [3.05, 3.63) is 58.0 Å². The van der Waals surface area contributed by atoms with Gasteiger partial charge in [-0.15, -0.1) is 0 Å². The molecule has 0 aliphatic carbocycles. The van der Waals surface area contributed by atoms with Gasteiger partial charge in [0.15, 0.2) is 0 Å². The van der Waals surface area contributed by atoms with Crippen molar-refractivity contribution in [3.63, 3.8) is 0 Å². The predicted octanol–water partition coefficient (Wildman–Crippen LogP) is 5.66. The molecule has 2 aromatic heterocycles. The number of ether oxygens (including phenoxy) is 1. The van der Waals surface area contributed by atoms with E-state index in [1.54, 1.807) is 12.3 Å². The molecule has 3 heterocycles. The van der Waals surface area contributed by atoms with Crippen LogP contribution in [0.2, 0.25) is 5.02 Å². The molecule has 0 spiro atoms. The summed E-state index contributed by atoms with van der Waals surface area (Å²) in [6.07, 6.45) is -2.96. The van der Waals surface area contributed by atoms with E-state index in [0.717, 1.165) is 23.5 Å². The number of halogens is 4. The fourth-order valence-electron chi connectivity index (χ4n) is 4.56. The Bertz CT molecular complexity index is 1140. The molecule has 4 rings (SSSR count). The normalized spacial score (nSPS) is 17.8. The number of benzene rings is 1. The molecule has 0 saturated carbocycles. The maximum absolute atomic E-state index is 14.4. The van der Waals surface area contributed by atoms with E-state index in [2.05, 4.69) is 9.97 Å². The van der Waals surface area contributed by atoms with Gasteiger partial charge in [0.05, 0.1) is 29.3 Å². The third-order valence-electron chi connectivity index (χ3n) is 5.97. The maximum atomic E-state index is 14.4. The molecule has 166 valence electrons. The molecule has 2 unspecified atom stereocenters. The van der Waals surface area contributed by atoms with Gasteiger partial charge in [-0.05, 0) is 57.0 Å². The molecule has 31 heavy (non-hydrogen) atoms. The van der Waals surface area contributed by atoms with Crippen LogP contribution in [-0.2, 0) is 18.3 Å².